The summed E-state index contributed by atoms with van der Waals surface area (Å²) in [6.45, 7) is 9.45. The Morgan fingerprint density at radius 3 is 2.62 bits per heavy atom. The van der Waals surface area contributed by atoms with E-state index in [-0.39, 0.29) is 5.91 Å². The zero-order valence-electron chi connectivity index (χ0n) is 12.7. The molecule has 0 bridgehead atoms. The van der Waals surface area contributed by atoms with Gasteiger partial charge in [0, 0.05) is 38.3 Å². The Bertz CT molecular complexity index is 487. The molecule has 1 saturated heterocycles. The van der Waals surface area contributed by atoms with Crippen molar-refractivity contribution in [1.29, 1.82) is 0 Å². The molecule has 1 fully saturated rings. The van der Waals surface area contributed by atoms with Gasteiger partial charge in [-0.05, 0) is 32.0 Å². The Balaban J connectivity index is 2.03. The van der Waals surface area contributed by atoms with Gasteiger partial charge in [-0.15, -0.1) is 0 Å². The van der Waals surface area contributed by atoms with Crippen LogP contribution in [0.15, 0.2) is 12.1 Å². The number of nitrogens with zero attached hydrogens (tertiary/aromatic N) is 3. The number of amides is 1. The van der Waals surface area contributed by atoms with Gasteiger partial charge in [0.15, 0.2) is 0 Å². The van der Waals surface area contributed by atoms with Crippen LogP contribution in [0.25, 0.3) is 0 Å². The van der Waals surface area contributed by atoms with Crippen LogP contribution in [0.1, 0.15) is 30.6 Å². The summed E-state index contributed by atoms with van der Waals surface area (Å²) in [6.07, 6.45) is 1.15. The fraction of sp³-hybridized carbons (Fsp3) is 0.600. The summed E-state index contributed by atoms with van der Waals surface area (Å²) in [5.41, 5.74) is 0.606. The molecule has 0 atom stereocenters. The smallest absolute Gasteiger partial charge is 0.254 e. The highest BCUT2D eigenvalue weighted by atomic mass is 35.5. The number of nitrogens with one attached hydrogen (secondary N) is 1. The zero-order valence-corrected chi connectivity index (χ0v) is 13.5. The quantitative estimate of drug-likeness (QED) is 0.848. The lowest BCUT2D eigenvalue weighted by Crippen LogP contribution is -2.48. The Morgan fingerprint density at radius 1 is 1.29 bits per heavy atom. The number of aromatic nitrogens is 1. The fourth-order valence-corrected chi connectivity index (χ4v) is 2.77. The van der Waals surface area contributed by atoms with Gasteiger partial charge in [-0.1, -0.05) is 18.5 Å². The monoisotopic (exact) mass is 310 g/mol. The number of halogens is 1. The maximum Gasteiger partial charge on any atom is 0.254 e. The molecule has 1 aliphatic rings. The van der Waals surface area contributed by atoms with Crippen molar-refractivity contribution in [3.8, 4) is 0 Å². The van der Waals surface area contributed by atoms with E-state index in [1.807, 2.05) is 11.8 Å². The maximum absolute atomic E-state index is 12.6. The topological polar surface area (TPSA) is 48.5 Å². The Labute approximate surface area is 131 Å². The second kappa shape index (κ2) is 7.61. The minimum atomic E-state index is 0.0367. The predicted octanol–water partition coefficient (Wildman–Crippen LogP) is 2.33. The summed E-state index contributed by atoms with van der Waals surface area (Å²) >= 11 is 6.00. The molecule has 116 valence electrons. The molecule has 1 aromatic heterocycles. The van der Waals surface area contributed by atoms with Gasteiger partial charge < -0.3 is 10.2 Å². The van der Waals surface area contributed by atoms with Crippen molar-refractivity contribution in [3.05, 3.63) is 22.8 Å². The van der Waals surface area contributed by atoms with Gasteiger partial charge in [0.1, 0.15) is 11.0 Å². The van der Waals surface area contributed by atoms with E-state index in [2.05, 4.69) is 22.1 Å². The van der Waals surface area contributed by atoms with Crippen molar-refractivity contribution >= 4 is 23.3 Å². The molecule has 0 spiro atoms. The lowest BCUT2D eigenvalue weighted by atomic mass is 10.2. The summed E-state index contributed by atoms with van der Waals surface area (Å²) in [7, 11) is 0. The molecule has 0 saturated carbocycles. The third kappa shape index (κ3) is 4.32. The second-order valence-electron chi connectivity index (χ2n) is 5.23. The molecular weight excluding hydrogens is 288 g/mol. The number of piperazine rings is 1. The zero-order chi connectivity index (χ0) is 15.2. The average molecular weight is 311 g/mol. The first kappa shape index (κ1) is 16.0. The second-order valence-corrected chi connectivity index (χ2v) is 5.62. The molecule has 2 rings (SSSR count). The summed E-state index contributed by atoms with van der Waals surface area (Å²) in [5, 5.41) is 3.44. The number of rotatable bonds is 5. The molecule has 6 heteroatoms. The summed E-state index contributed by atoms with van der Waals surface area (Å²) in [4.78, 5) is 21.0. The predicted molar refractivity (Wildman–Crippen MR) is 86.0 cm³/mol. The summed E-state index contributed by atoms with van der Waals surface area (Å²) in [6, 6.07) is 3.42. The molecule has 0 aliphatic carbocycles. The van der Waals surface area contributed by atoms with Crippen molar-refractivity contribution in [2.24, 2.45) is 0 Å². The van der Waals surface area contributed by atoms with E-state index < -0.39 is 0 Å². The third-order valence-corrected chi connectivity index (χ3v) is 3.79. The molecule has 0 radical (unpaired) electrons. The highest BCUT2D eigenvalue weighted by Crippen LogP contribution is 2.17. The van der Waals surface area contributed by atoms with Gasteiger partial charge in [0.2, 0.25) is 0 Å². The first-order valence-corrected chi connectivity index (χ1v) is 7.95. The Hall–Kier alpha value is -1.33. The SMILES string of the molecule is CCCN1CCN(C(=O)c2cc(Cl)nc(NCC)c2)CC1. The van der Waals surface area contributed by atoms with Crippen LogP contribution < -0.4 is 5.32 Å². The number of carbonyl (C=O) groups excluding carboxylic acids is 1. The molecule has 0 aromatic carbocycles. The number of hydrogen-bond acceptors (Lipinski definition) is 4. The number of pyridine rings is 1. The summed E-state index contributed by atoms with van der Waals surface area (Å²) in [5.74, 6) is 0.688. The van der Waals surface area contributed by atoms with Gasteiger partial charge in [-0.2, -0.15) is 0 Å². The maximum atomic E-state index is 12.6. The molecule has 1 aromatic rings. The molecule has 21 heavy (non-hydrogen) atoms. The van der Waals surface area contributed by atoms with E-state index >= 15 is 0 Å². The molecule has 0 unspecified atom stereocenters. The fourth-order valence-electron chi connectivity index (χ4n) is 2.57. The molecular formula is C15H23ClN4O. The van der Waals surface area contributed by atoms with Crippen LogP contribution in [0, 0.1) is 0 Å². The van der Waals surface area contributed by atoms with Gasteiger partial charge in [0.25, 0.3) is 5.91 Å². The molecule has 2 heterocycles. The van der Waals surface area contributed by atoms with Crippen LogP contribution in [-0.2, 0) is 0 Å². The molecule has 1 N–H and O–H groups in total. The number of anilines is 1. The average Bonchev–Trinajstić information content (AvgIpc) is 2.47. The normalized spacial score (nSPS) is 16.0. The van der Waals surface area contributed by atoms with Crippen molar-refractivity contribution < 1.29 is 4.79 Å². The van der Waals surface area contributed by atoms with Gasteiger partial charge in [-0.25, -0.2) is 4.98 Å². The summed E-state index contributed by atoms with van der Waals surface area (Å²) < 4.78 is 0. The largest absolute Gasteiger partial charge is 0.370 e. The van der Waals surface area contributed by atoms with E-state index in [1.165, 1.54) is 0 Å². The van der Waals surface area contributed by atoms with Crippen molar-refractivity contribution in [3.63, 3.8) is 0 Å². The number of carbonyl (C=O) groups is 1. The lowest BCUT2D eigenvalue weighted by Gasteiger charge is -2.34. The minimum Gasteiger partial charge on any atom is -0.370 e. The van der Waals surface area contributed by atoms with Crippen molar-refractivity contribution in [1.82, 2.24) is 14.8 Å². The van der Waals surface area contributed by atoms with Crippen LogP contribution in [0.3, 0.4) is 0 Å². The van der Waals surface area contributed by atoms with E-state index in [9.17, 15) is 4.79 Å². The Kier molecular flexibility index (Phi) is 5.82. The first-order valence-electron chi connectivity index (χ1n) is 7.57. The Morgan fingerprint density at radius 2 is 2.00 bits per heavy atom. The van der Waals surface area contributed by atoms with Crippen LogP contribution >= 0.6 is 11.6 Å². The van der Waals surface area contributed by atoms with E-state index in [0.29, 0.717) is 16.5 Å². The van der Waals surface area contributed by atoms with Gasteiger partial charge in [0.05, 0.1) is 0 Å². The molecule has 5 nitrogen and oxygen atoms in total. The van der Waals surface area contributed by atoms with E-state index in [4.69, 9.17) is 11.6 Å². The van der Waals surface area contributed by atoms with Crippen molar-refractivity contribution in [2.45, 2.75) is 20.3 Å². The van der Waals surface area contributed by atoms with E-state index in [1.54, 1.807) is 12.1 Å². The van der Waals surface area contributed by atoms with Gasteiger partial charge >= 0.3 is 0 Å². The number of hydrogen-bond donors (Lipinski definition) is 1. The highest BCUT2D eigenvalue weighted by molar-refractivity contribution is 6.29. The van der Waals surface area contributed by atoms with Crippen LogP contribution in [0.5, 0.6) is 0 Å². The minimum absolute atomic E-state index is 0.0367. The van der Waals surface area contributed by atoms with Crippen LogP contribution in [-0.4, -0.2) is 60.0 Å². The van der Waals surface area contributed by atoms with Crippen molar-refractivity contribution in [2.75, 3.05) is 44.6 Å². The molecule has 1 aliphatic heterocycles. The standard InChI is InChI=1S/C15H23ClN4O/c1-3-5-19-6-8-20(9-7-19)15(21)12-10-13(16)18-14(11-12)17-4-2/h10-11H,3-9H2,1-2H3,(H,17,18). The van der Waals surface area contributed by atoms with E-state index in [0.717, 1.165) is 45.7 Å². The highest BCUT2D eigenvalue weighted by Gasteiger charge is 2.22. The lowest BCUT2D eigenvalue weighted by molar-refractivity contribution is 0.0637. The third-order valence-electron chi connectivity index (χ3n) is 3.60. The van der Waals surface area contributed by atoms with Crippen LogP contribution in [0.4, 0.5) is 5.82 Å². The first-order chi connectivity index (χ1) is 10.1. The van der Waals surface area contributed by atoms with Crippen LogP contribution in [0.2, 0.25) is 5.15 Å². The molecule has 1 amide bonds. The van der Waals surface area contributed by atoms with Gasteiger partial charge in [-0.3, -0.25) is 9.69 Å².